The largest absolute Gasteiger partial charge is 0.0623 e. The van der Waals surface area contributed by atoms with Crippen LogP contribution in [-0.4, -0.2) is 0 Å². The number of hydrogen-bond acceptors (Lipinski definition) is 0. The van der Waals surface area contributed by atoms with E-state index in [9.17, 15) is 0 Å². The van der Waals surface area contributed by atoms with Crippen molar-refractivity contribution in [2.45, 2.75) is 91.4 Å². The summed E-state index contributed by atoms with van der Waals surface area (Å²) < 4.78 is 0. The second kappa shape index (κ2) is 6.47. The summed E-state index contributed by atoms with van der Waals surface area (Å²) in [6.45, 7) is 7.34. The molecule has 119 valence electrons. The van der Waals surface area contributed by atoms with Crippen LogP contribution in [0.1, 0.15) is 91.4 Å². The molecule has 0 nitrogen and oxygen atoms in total. The van der Waals surface area contributed by atoms with Crippen LogP contribution in [0.15, 0.2) is 11.1 Å². The van der Waals surface area contributed by atoms with E-state index in [0.29, 0.717) is 5.41 Å². The molecule has 0 spiro atoms. The molecule has 0 aromatic carbocycles. The smallest absolute Gasteiger partial charge is 0.0116 e. The zero-order valence-electron chi connectivity index (χ0n) is 14.6. The molecule has 0 saturated heterocycles. The summed E-state index contributed by atoms with van der Waals surface area (Å²) in [5.41, 5.74) is 3.97. The van der Waals surface area contributed by atoms with Gasteiger partial charge in [-0.05, 0) is 61.7 Å². The van der Waals surface area contributed by atoms with Gasteiger partial charge in [0.25, 0.3) is 0 Å². The molecule has 1 fully saturated rings. The van der Waals surface area contributed by atoms with Gasteiger partial charge in [0.2, 0.25) is 0 Å². The normalized spacial score (nSPS) is 31.6. The van der Waals surface area contributed by atoms with Gasteiger partial charge in [-0.1, -0.05) is 64.0 Å². The van der Waals surface area contributed by atoms with Crippen molar-refractivity contribution in [3.8, 4) is 0 Å². The van der Waals surface area contributed by atoms with E-state index in [1.54, 1.807) is 11.1 Å². The van der Waals surface area contributed by atoms with E-state index in [0.717, 1.165) is 17.8 Å². The summed E-state index contributed by atoms with van der Waals surface area (Å²) in [7, 11) is 0. The van der Waals surface area contributed by atoms with E-state index in [2.05, 4.69) is 27.2 Å². The zero-order valence-corrected chi connectivity index (χ0v) is 14.6. The van der Waals surface area contributed by atoms with Crippen LogP contribution in [0.25, 0.3) is 0 Å². The van der Waals surface area contributed by atoms with Crippen LogP contribution in [-0.2, 0) is 0 Å². The first kappa shape index (κ1) is 15.6. The summed E-state index contributed by atoms with van der Waals surface area (Å²) in [4.78, 5) is 0. The van der Waals surface area contributed by atoms with Crippen molar-refractivity contribution in [2.75, 3.05) is 0 Å². The Kier molecular flexibility index (Phi) is 4.81. The van der Waals surface area contributed by atoms with Crippen LogP contribution in [0.5, 0.6) is 0 Å². The van der Waals surface area contributed by atoms with Gasteiger partial charge in [0.1, 0.15) is 0 Å². The lowest BCUT2D eigenvalue weighted by molar-refractivity contribution is 0.211. The number of hydrogen-bond donors (Lipinski definition) is 0. The van der Waals surface area contributed by atoms with Crippen LogP contribution >= 0.6 is 0 Å². The van der Waals surface area contributed by atoms with Gasteiger partial charge in [0.05, 0.1) is 0 Å². The first-order valence-corrected chi connectivity index (χ1v) is 9.59. The van der Waals surface area contributed by atoms with Gasteiger partial charge in [-0.15, -0.1) is 0 Å². The maximum absolute atomic E-state index is 2.45. The Hall–Kier alpha value is -0.260. The third-order valence-electron chi connectivity index (χ3n) is 6.62. The lowest BCUT2D eigenvalue weighted by Crippen LogP contribution is -2.19. The van der Waals surface area contributed by atoms with Gasteiger partial charge >= 0.3 is 0 Å². The van der Waals surface area contributed by atoms with Crippen molar-refractivity contribution in [1.82, 2.24) is 0 Å². The standard InChI is InChI=1S/C21H35/c1-21(2,3)20-6-4-5-16(11-14-20)7-8-17-9-12-18-15-19(18)13-10-17/h15-17,20H,4-14H2,1-3H3. The van der Waals surface area contributed by atoms with Gasteiger partial charge in [0, 0.05) is 6.42 Å². The topological polar surface area (TPSA) is 0 Å². The second-order valence-electron chi connectivity index (χ2n) is 9.15. The molecule has 0 aromatic heterocycles. The van der Waals surface area contributed by atoms with E-state index >= 15 is 0 Å². The van der Waals surface area contributed by atoms with Crippen molar-refractivity contribution >= 4 is 0 Å². The number of rotatable bonds is 3. The molecule has 0 heterocycles. The summed E-state index contributed by atoms with van der Waals surface area (Å²) in [6.07, 6.45) is 18.7. The molecular weight excluding hydrogens is 252 g/mol. The maximum atomic E-state index is 2.45. The van der Waals surface area contributed by atoms with Crippen LogP contribution in [0.4, 0.5) is 0 Å². The molecule has 0 amide bonds. The molecule has 3 aliphatic rings. The van der Waals surface area contributed by atoms with Gasteiger partial charge in [0.15, 0.2) is 0 Å². The Balaban J connectivity index is 1.39. The van der Waals surface area contributed by atoms with Crippen molar-refractivity contribution in [2.24, 2.45) is 23.2 Å². The van der Waals surface area contributed by atoms with Gasteiger partial charge in [-0.25, -0.2) is 0 Å². The van der Waals surface area contributed by atoms with Crippen LogP contribution in [0.2, 0.25) is 0 Å². The SMILES string of the molecule is CC(C)(C)C1CCCC(CCC2CCC3=C([CH]3)CC2)CC1. The minimum atomic E-state index is 0.530. The molecule has 0 aliphatic heterocycles. The highest BCUT2D eigenvalue weighted by Gasteiger charge is 2.29. The highest BCUT2D eigenvalue weighted by Crippen LogP contribution is 2.44. The summed E-state index contributed by atoms with van der Waals surface area (Å²) in [5.74, 6) is 3.05. The van der Waals surface area contributed by atoms with Crippen LogP contribution in [0, 0.1) is 29.6 Å². The minimum absolute atomic E-state index is 0.530. The average molecular weight is 288 g/mol. The Morgan fingerprint density at radius 3 is 2.05 bits per heavy atom. The highest BCUT2D eigenvalue weighted by molar-refractivity contribution is 5.50. The molecule has 0 bridgehead atoms. The minimum Gasteiger partial charge on any atom is -0.0623 e. The van der Waals surface area contributed by atoms with E-state index in [-0.39, 0.29) is 0 Å². The summed E-state index contributed by atoms with van der Waals surface area (Å²) in [6, 6.07) is 0. The second-order valence-corrected chi connectivity index (χ2v) is 9.15. The van der Waals surface area contributed by atoms with Gasteiger partial charge < -0.3 is 0 Å². The van der Waals surface area contributed by atoms with Crippen molar-refractivity contribution in [3.63, 3.8) is 0 Å². The first-order valence-electron chi connectivity index (χ1n) is 9.59. The average Bonchev–Trinajstić information content (AvgIpc) is 3.19. The summed E-state index contributed by atoms with van der Waals surface area (Å²) in [5, 5.41) is 0. The predicted molar refractivity (Wildman–Crippen MR) is 92.0 cm³/mol. The zero-order chi connectivity index (χ0) is 14.9. The fourth-order valence-corrected chi connectivity index (χ4v) is 4.80. The Labute approximate surface area is 132 Å². The molecule has 0 aromatic rings. The Morgan fingerprint density at radius 1 is 0.810 bits per heavy atom. The number of allylic oxidation sites excluding steroid dienone is 2. The van der Waals surface area contributed by atoms with E-state index in [4.69, 9.17) is 0 Å². The fourth-order valence-electron chi connectivity index (χ4n) is 4.80. The van der Waals surface area contributed by atoms with Crippen molar-refractivity contribution in [1.29, 1.82) is 0 Å². The van der Waals surface area contributed by atoms with E-state index in [1.807, 2.05) is 0 Å². The lowest BCUT2D eigenvalue weighted by Gasteiger charge is -2.29. The van der Waals surface area contributed by atoms with Gasteiger partial charge in [-0.2, -0.15) is 0 Å². The van der Waals surface area contributed by atoms with Gasteiger partial charge in [-0.3, -0.25) is 0 Å². The highest BCUT2D eigenvalue weighted by atomic mass is 14.3. The van der Waals surface area contributed by atoms with Crippen molar-refractivity contribution < 1.29 is 0 Å². The molecular formula is C21H35. The quantitative estimate of drug-likeness (QED) is 0.506. The lowest BCUT2D eigenvalue weighted by atomic mass is 9.76. The fraction of sp³-hybridized carbons (Fsp3) is 0.857. The monoisotopic (exact) mass is 287 g/mol. The van der Waals surface area contributed by atoms with E-state index in [1.165, 1.54) is 70.6 Å². The molecule has 3 aliphatic carbocycles. The summed E-state index contributed by atoms with van der Waals surface area (Å²) >= 11 is 0. The molecule has 2 unspecified atom stereocenters. The molecule has 2 atom stereocenters. The molecule has 0 heteroatoms. The molecule has 21 heavy (non-hydrogen) atoms. The van der Waals surface area contributed by atoms with Crippen LogP contribution < -0.4 is 0 Å². The van der Waals surface area contributed by atoms with E-state index < -0.39 is 0 Å². The Bertz CT molecular complexity index is 365. The molecule has 3 rings (SSSR count). The predicted octanol–water partition coefficient (Wildman–Crippen LogP) is 6.71. The Morgan fingerprint density at radius 2 is 1.43 bits per heavy atom. The molecule has 1 radical (unpaired) electrons. The first-order chi connectivity index (χ1) is 10.0. The maximum Gasteiger partial charge on any atom is 0.0116 e. The molecule has 0 N–H and O–H groups in total. The third kappa shape index (κ3) is 4.36. The molecule has 1 saturated carbocycles. The van der Waals surface area contributed by atoms with Crippen LogP contribution in [0.3, 0.4) is 0 Å². The van der Waals surface area contributed by atoms with Crippen molar-refractivity contribution in [3.05, 3.63) is 17.6 Å². The third-order valence-corrected chi connectivity index (χ3v) is 6.62.